The van der Waals surface area contributed by atoms with Crippen molar-refractivity contribution in [3.63, 3.8) is 0 Å². The second-order valence-corrected chi connectivity index (χ2v) is 8.94. The molecule has 0 spiro atoms. The molecule has 1 aromatic heterocycles. The topological polar surface area (TPSA) is 55.5 Å². The lowest BCUT2D eigenvalue weighted by atomic mass is 10.0. The van der Waals surface area contributed by atoms with Gasteiger partial charge in [-0.2, -0.15) is 0 Å². The van der Waals surface area contributed by atoms with E-state index in [1.807, 2.05) is 34.2 Å². The summed E-state index contributed by atoms with van der Waals surface area (Å²) in [5.74, 6) is 0. The highest BCUT2D eigenvalue weighted by Gasteiger charge is 2.31. The highest BCUT2D eigenvalue weighted by molar-refractivity contribution is 5.94. The van der Waals surface area contributed by atoms with Gasteiger partial charge in [0.25, 0.3) is 0 Å². The molecule has 170 valence electrons. The van der Waals surface area contributed by atoms with Gasteiger partial charge >= 0.3 is 6.03 Å². The van der Waals surface area contributed by atoms with Gasteiger partial charge in [0.2, 0.25) is 0 Å². The standard InChI is InChI=1S/C28H27N5O/c34-28(33-13-12-22-8-4-5-9-27(22)33)32-15-14-31(19-25-17-29-20-30-25)26-11-10-23(16-24(26)18-32)21-6-2-1-3-7-21/h1-11,16-17,20H,12-15,18-19H2,(H,29,30). The van der Waals surface area contributed by atoms with Gasteiger partial charge in [0.15, 0.2) is 0 Å². The molecule has 0 saturated carbocycles. The number of imidazole rings is 1. The lowest BCUT2D eigenvalue weighted by Gasteiger charge is -2.28. The van der Waals surface area contributed by atoms with Crippen molar-refractivity contribution in [3.8, 4) is 11.1 Å². The minimum Gasteiger partial charge on any atom is -0.364 e. The molecule has 0 atom stereocenters. The SMILES string of the molecule is O=C(N1CCN(Cc2cnc[nH]2)c2ccc(-c3ccccc3)cc2C1)N1CCc2ccccc21. The van der Waals surface area contributed by atoms with Gasteiger partial charge in [0.05, 0.1) is 18.6 Å². The molecule has 3 aromatic carbocycles. The van der Waals surface area contributed by atoms with Gasteiger partial charge in [-0.25, -0.2) is 9.78 Å². The number of carbonyl (C=O) groups excluding carboxylic acids is 1. The second kappa shape index (κ2) is 8.71. The molecule has 6 rings (SSSR count). The average molecular weight is 450 g/mol. The Balaban J connectivity index is 1.34. The predicted octanol–water partition coefficient (Wildman–Crippen LogP) is 5.08. The maximum Gasteiger partial charge on any atom is 0.324 e. The van der Waals surface area contributed by atoms with Crippen LogP contribution in [0.3, 0.4) is 0 Å². The molecular formula is C28H27N5O. The summed E-state index contributed by atoms with van der Waals surface area (Å²) >= 11 is 0. The van der Waals surface area contributed by atoms with Crippen molar-refractivity contribution >= 4 is 17.4 Å². The molecule has 3 heterocycles. The number of urea groups is 1. The molecular weight excluding hydrogens is 422 g/mol. The van der Waals surface area contributed by atoms with Gasteiger partial charge in [0, 0.05) is 43.8 Å². The maximum absolute atomic E-state index is 13.7. The van der Waals surface area contributed by atoms with Gasteiger partial charge in [-0.15, -0.1) is 0 Å². The molecule has 0 unspecified atom stereocenters. The quantitative estimate of drug-likeness (QED) is 0.474. The van der Waals surface area contributed by atoms with Crippen LogP contribution in [0.5, 0.6) is 0 Å². The highest BCUT2D eigenvalue weighted by Crippen LogP contribution is 2.33. The number of nitrogens with zero attached hydrogens (tertiary/aromatic N) is 4. The monoisotopic (exact) mass is 449 g/mol. The summed E-state index contributed by atoms with van der Waals surface area (Å²) in [6, 6.07) is 25.4. The number of carbonyl (C=O) groups is 1. The largest absolute Gasteiger partial charge is 0.364 e. The van der Waals surface area contributed by atoms with Gasteiger partial charge in [-0.1, -0.05) is 54.6 Å². The summed E-state index contributed by atoms with van der Waals surface area (Å²) in [6.07, 6.45) is 4.50. The van der Waals surface area contributed by atoms with Crippen LogP contribution in [0.15, 0.2) is 85.3 Å². The molecule has 2 amide bonds. The van der Waals surface area contributed by atoms with E-state index in [1.165, 1.54) is 27.9 Å². The average Bonchev–Trinajstić information content (AvgIpc) is 3.52. The minimum atomic E-state index is 0.0874. The molecule has 4 aromatic rings. The Labute approximate surface area is 199 Å². The van der Waals surface area contributed by atoms with E-state index in [1.54, 1.807) is 6.33 Å². The van der Waals surface area contributed by atoms with Crippen molar-refractivity contribution in [2.24, 2.45) is 0 Å². The van der Waals surface area contributed by atoms with Gasteiger partial charge in [0.1, 0.15) is 0 Å². The Bertz CT molecular complexity index is 1300. The first kappa shape index (κ1) is 20.5. The van der Waals surface area contributed by atoms with Gasteiger partial charge < -0.3 is 14.8 Å². The van der Waals surface area contributed by atoms with E-state index in [0.717, 1.165) is 37.4 Å². The fourth-order valence-electron chi connectivity index (χ4n) is 5.09. The third kappa shape index (κ3) is 3.81. The molecule has 0 bridgehead atoms. The number of aromatic amines is 1. The van der Waals surface area contributed by atoms with Crippen LogP contribution in [0.1, 0.15) is 16.8 Å². The number of nitrogens with one attached hydrogen (secondary N) is 1. The lowest BCUT2D eigenvalue weighted by molar-refractivity contribution is 0.205. The Kier molecular flexibility index (Phi) is 5.26. The first-order valence-electron chi connectivity index (χ1n) is 11.8. The molecule has 1 N–H and O–H groups in total. The zero-order valence-corrected chi connectivity index (χ0v) is 19.0. The summed E-state index contributed by atoms with van der Waals surface area (Å²) in [7, 11) is 0. The Hall–Kier alpha value is -4.06. The molecule has 6 heteroatoms. The van der Waals surface area contributed by atoms with Crippen molar-refractivity contribution < 1.29 is 4.79 Å². The molecule has 2 aliphatic rings. The summed E-state index contributed by atoms with van der Waals surface area (Å²) in [5, 5.41) is 0. The first-order valence-corrected chi connectivity index (χ1v) is 11.8. The Morgan fingerprint density at radius 2 is 1.71 bits per heavy atom. The zero-order valence-electron chi connectivity index (χ0n) is 19.0. The normalized spacial score (nSPS) is 15.1. The van der Waals surface area contributed by atoms with Gasteiger partial charge in [-0.3, -0.25) is 4.90 Å². The number of rotatable bonds is 3. The minimum absolute atomic E-state index is 0.0874. The van der Waals surface area contributed by atoms with Crippen molar-refractivity contribution in [3.05, 3.63) is 102 Å². The fraction of sp³-hybridized carbons (Fsp3) is 0.214. The van der Waals surface area contributed by atoms with Crippen molar-refractivity contribution in [1.29, 1.82) is 0 Å². The number of benzene rings is 3. The van der Waals surface area contributed by atoms with E-state index in [2.05, 4.69) is 69.5 Å². The van der Waals surface area contributed by atoms with Crippen molar-refractivity contribution in [2.75, 3.05) is 29.4 Å². The van der Waals surface area contributed by atoms with E-state index in [9.17, 15) is 4.79 Å². The first-order chi connectivity index (χ1) is 16.8. The van der Waals surface area contributed by atoms with Crippen LogP contribution in [-0.4, -0.2) is 40.5 Å². The highest BCUT2D eigenvalue weighted by atomic mass is 16.2. The van der Waals surface area contributed by atoms with Crippen LogP contribution >= 0.6 is 0 Å². The summed E-state index contributed by atoms with van der Waals surface area (Å²) in [5.41, 5.74) is 8.04. The van der Waals surface area contributed by atoms with Crippen molar-refractivity contribution in [1.82, 2.24) is 14.9 Å². The number of hydrogen-bond donors (Lipinski definition) is 1. The van der Waals surface area contributed by atoms with Crippen LogP contribution in [-0.2, 0) is 19.5 Å². The maximum atomic E-state index is 13.7. The van der Waals surface area contributed by atoms with E-state index >= 15 is 0 Å². The third-order valence-electron chi connectivity index (χ3n) is 6.83. The second-order valence-electron chi connectivity index (χ2n) is 8.94. The molecule has 0 fully saturated rings. The predicted molar refractivity (Wildman–Crippen MR) is 135 cm³/mol. The van der Waals surface area contributed by atoms with E-state index < -0.39 is 0 Å². The summed E-state index contributed by atoms with van der Waals surface area (Å²) in [6.45, 7) is 3.49. The van der Waals surface area contributed by atoms with Crippen LogP contribution in [0.4, 0.5) is 16.2 Å². The molecule has 6 nitrogen and oxygen atoms in total. The number of aromatic nitrogens is 2. The number of hydrogen-bond acceptors (Lipinski definition) is 3. The molecule has 0 aliphatic carbocycles. The summed E-state index contributed by atoms with van der Waals surface area (Å²) < 4.78 is 0. The zero-order chi connectivity index (χ0) is 22.9. The van der Waals surface area contributed by atoms with Crippen LogP contribution in [0, 0.1) is 0 Å². The third-order valence-corrected chi connectivity index (χ3v) is 6.83. The summed E-state index contributed by atoms with van der Waals surface area (Å²) in [4.78, 5) is 27.4. The van der Waals surface area contributed by atoms with Gasteiger partial charge in [-0.05, 0) is 46.9 Å². The molecule has 2 aliphatic heterocycles. The molecule has 34 heavy (non-hydrogen) atoms. The number of anilines is 2. The Morgan fingerprint density at radius 1 is 0.853 bits per heavy atom. The molecule has 0 saturated heterocycles. The smallest absolute Gasteiger partial charge is 0.324 e. The molecule has 0 radical (unpaired) electrons. The lowest BCUT2D eigenvalue weighted by Crippen LogP contribution is -2.44. The van der Waals surface area contributed by atoms with Crippen LogP contribution in [0.25, 0.3) is 11.1 Å². The number of amides is 2. The van der Waals surface area contributed by atoms with Crippen LogP contribution < -0.4 is 9.80 Å². The van der Waals surface area contributed by atoms with E-state index in [-0.39, 0.29) is 6.03 Å². The van der Waals surface area contributed by atoms with E-state index in [4.69, 9.17) is 0 Å². The fourth-order valence-corrected chi connectivity index (χ4v) is 5.09. The van der Waals surface area contributed by atoms with E-state index in [0.29, 0.717) is 13.1 Å². The van der Waals surface area contributed by atoms with Crippen molar-refractivity contribution in [2.45, 2.75) is 19.5 Å². The number of para-hydroxylation sites is 1. The Morgan fingerprint density at radius 3 is 2.56 bits per heavy atom. The van der Waals surface area contributed by atoms with Crippen LogP contribution in [0.2, 0.25) is 0 Å². The number of H-pyrrole nitrogens is 1. The number of fused-ring (bicyclic) bond motifs is 2.